The molecule has 2 amide bonds. The van der Waals surface area contributed by atoms with Crippen LogP contribution in [0.4, 0.5) is 5.69 Å². The first kappa shape index (κ1) is 31.0. The van der Waals surface area contributed by atoms with Gasteiger partial charge < -0.3 is 15.0 Å². The first-order valence-electron chi connectivity index (χ1n) is 13.2. The molecule has 0 aliphatic rings. The van der Waals surface area contributed by atoms with Crippen molar-refractivity contribution in [2.24, 2.45) is 0 Å². The number of ether oxygens (including phenoxy) is 1. The number of benzene rings is 3. The van der Waals surface area contributed by atoms with Crippen molar-refractivity contribution >= 4 is 39.1 Å². The van der Waals surface area contributed by atoms with Crippen LogP contribution in [-0.4, -0.2) is 56.9 Å². The molecular weight excluding hydrogens is 550 g/mol. The van der Waals surface area contributed by atoms with Crippen LogP contribution in [0.3, 0.4) is 0 Å². The van der Waals surface area contributed by atoms with E-state index in [1.165, 1.54) is 29.2 Å². The lowest BCUT2D eigenvalue weighted by molar-refractivity contribution is -0.139. The minimum absolute atomic E-state index is 0.0139. The Bertz CT molecular complexity index is 1360. The van der Waals surface area contributed by atoms with Crippen molar-refractivity contribution in [3.63, 3.8) is 0 Å². The van der Waals surface area contributed by atoms with Crippen molar-refractivity contribution in [2.45, 2.75) is 51.1 Å². The molecule has 0 aliphatic heterocycles. The molecule has 8 nitrogen and oxygen atoms in total. The normalized spacial score (nSPS) is 12.1. The van der Waals surface area contributed by atoms with Crippen molar-refractivity contribution in [2.75, 3.05) is 24.0 Å². The van der Waals surface area contributed by atoms with Gasteiger partial charge in [-0.1, -0.05) is 41.9 Å². The summed E-state index contributed by atoms with van der Waals surface area (Å²) < 4.78 is 34.2. The van der Waals surface area contributed by atoms with Gasteiger partial charge in [0.1, 0.15) is 18.3 Å². The number of nitrogens with one attached hydrogen (secondary N) is 1. The molecule has 0 unspecified atom stereocenters. The van der Waals surface area contributed by atoms with E-state index < -0.39 is 28.5 Å². The Morgan fingerprint density at radius 1 is 0.925 bits per heavy atom. The fraction of sp³-hybridized carbons (Fsp3) is 0.333. The van der Waals surface area contributed by atoms with E-state index in [-0.39, 0.29) is 29.1 Å². The predicted octanol–water partition coefficient (Wildman–Crippen LogP) is 4.92. The number of halogens is 1. The lowest BCUT2D eigenvalue weighted by atomic mass is 10.1. The van der Waals surface area contributed by atoms with Crippen LogP contribution in [0.15, 0.2) is 83.8 Å². The van der Waals surface area contributed by atoms with Crippen molar-refractivity contribution in [3.8, 4) is 5.75 Å². The van der Waals surface area contributed by atoms with E-state index in [2.05, 4.69) is 5.32 Å². The lowest BCUT2D eigenvalue weighted by Gasteiger charge is -2.32. The van der Waals surface area contributed by atoms with Crippen LogP contribution in [0.1, 0.15) is 33.3 Å². The molecule has 40 heavy (non-hydrogen) atoms. The summed E-state index contributed by atoms with van der Waals surface area (Å²) in [5, 5.41) is 3.24. The van der Waals surface area contributed by atoms with Crippen LogP contribution < -0.4 is 14.4 Å². The zero-order valence-corrected chi connectivity index (χ0v) is 24.8. The van der Waals surface area contributed by atoms with E-state index >= 15 is 0 Å². The van der Waals surface area contributed by atoms with Crippen molar-refractivity contribution in [3.05, 3.63) is 89.4 Å². The number of anilines is 1. The zero-order valence-electron chi connectivity index (χ0n) is 23.2. The van der Waals surface area contributed by atoms with Gasteiger partial charge in [-0.2, -0.15) is 0 Å². The molecular formula is C30H36ClN3O5S. The minimum Gasteiger partial charge on any atom is -0.494 e. The van der Waals surface area contributed by atoms with E-state index in [0.29, 0.717) is 23.8 Å². The average molecular weight is 586 g/mol. The van der Waals surface area contributed by atoms with E-state index in [1.54, 1.807) is 31.2 Å². The molecule has 0 radical (unpaired) electrons. The Morgan fingerprint density at radius 2 is 1.55 bits per heavy atom. The molecule has 1 N–H and O–H groups in total. The van der Waals surface area contributed by atoms with Crippen LogP contribution in [0.25, 0.3) is 0 Å². The van der Waals surface area contributed by atoms with E-state index in [0.717, 1.165) is 9.87 Å². The van der Waals surface area contributed by atoms with Crippen LogP contribution in [0.2, 0.25) is 5.02 Å². The number of nitrogens with zero attached hydrogens (tertiary/aromatic N) is 2. The Kier molecular flexibility index (Phi) is 11.0. The molecule has 0 spiro atoms. The summed E-state index contributed by atoms with van der Waals surface area (Å²) in [6, 6.07) is 20.9. The largest absolute Gasteiger partial charge is 0.494 e. The third-order valence-electron chi connectivity index (χ3n) is 6.20. The van der Waals surface area contributed by atoms with Gasteiger partial charge in [0.15, 0.2) is 0 Å². The highest BCUT2D eigenvalue weighted by molar-refractivity contribution is 7.92. The standard InChI is InChI=1S/C30H36ClN3O5S/c1-5-39-27-15-13-26(14-16-27)34(40(37,38)28-17-11-25(31)12-18-28)21-29(35)33(23(4)30(36)32-22(2)3)20-19-24-9-7-6-8-10-24/h6-18,22-23H,5,19-21H2,1-4H3,(H,32,36)/t23-/m1/s1. The first-order valence-corrected chi connectivity index (χ1v) is 15.0. The Hall–Kier alpha value is -3.56. The molecule has 3 aromatic rings. The summed E-state index contributed by atoms with van der Waals surface area (Å²) in [6.45, 7) is 7.36. The fourth-order valence-corrected chi connectivity index (χ4v) is 5.65. The number of hydrogen-bond acceptors (Lipinski definition) is 5. The van der Waals surface area contributed by atoms with Crippen molar-refractivity contribution in [1.29, 1.82) is 0 Å². The summed E-state index contributed by atoms with van der Waals surface area (Å²) in [5.41, 5.74) is 1.28. The van der Waals surface area contributed by atoms with Gasteiger partial charge in [-0.15, -0.1) is 0 Å². The number of sulfonamides is 1. The number of hydrogen-bond donors (Lipinski definition) is 1. The fourth-order valence-electron chi connectivity index (χ4n) is 4.11. The second-order valence-electron chi connectivity index (χ2n) is 9.55. The zero-order chi connectivity index (χ0) is 29.3. The Morgan fingerprint density at radius 3 is 2.12 bits per heavy atom. The van der Waals surface area contributed by atoms with Gasteiger partial charge in [0.2, 0.25) is 11.8 Å². The number of carbonyl (C=O) groups excluding carboxylic acids is 2. The van der Waals surface area contributed by atoms with Gasteiger partial charge in [-0.05, 0) is 88.2 Å². The Balaban J connectivity index is 1.98. The molecule has 10 heteroatoms. The van der Waals surface area contributed by atoms with Crippen LogP contribution in [-0.2, 0) is 26.0 Å². The second-order valence-corrected chi connectivity index (χ2v) is 11.9. The topological polar surface area (TPSA) is 96.0 Å². The highest BCUT2D eigenvalue weighted by Crippen LogP contribution is 2.27. The first-order chi connectivity index (χ1) is 19.0. The van der Waals surface area contributed by atoms with Gasteiger partial charge in [0.25, 0.3) is 10.0 Å². The quantitative estimate of drug-likeness (QED) is 0.307. The average Bonchev–Trinajstić information content (AvgIpc) is 2.93. The molecule has 0 bridgehead atoms. The number of carbonyl (C=O) groups is 2. The Labute approximate surface area is 241 Å². The van der Waals surface area contributed by atoms with Gasteiger partial charge in [-0.3, -0.25) is 13.9 Å². The van der Waals surface area contributed by atoms with Crippen LogP contribution >= 0.6 is 11.6 Å². The maximum atomic E-state index is 13.9. The molecule has 0 saturated carbocycles. The lowest BCUT2D eigenvalue weighted by Crippen LogP contribution is -2.53. The molecule has 0 heterocycles. The highest BCUT2D eigenvalue weighted by atomic mass is 35.5. The summed E-state index contributed by atoms with van der Waals surface area (Å²) in [4.78, 5) is 28.2. The molecule has 0 aliphatic carbocycles. The van der Waals surface area contributed by atoms with Crippen LogP contribution in [0.5, 0.6) is 5.75 Å². The molecule has 0 aromatic heterocycles. The monoisotopic (exact) mass is 585 g/mol. The molecule has 3 rings (SSSR count). The number of rotatable bonds is 13. The second kappa shape index (κ2) is 14.2. The summed E-state index contributed by atoms with van der Waals surface area (Å²) >= 11 is 6.00. The van der Waals surface area contributed by atoms with Gasteiger partial charge in [0, 0.05) is 17.6 Å². The smallest absolute Gasteiger partial charge is 0.264 e. The van der Waals surface area contributed by atoms with Gasteiger partial charge >= 0.3 is 0 Å². The minimum atomic E-state index is -4.17. The van der Waals surface area contributed by atoms with Crippen LogP contribution in [0, 0.1) is 0 Å². The molecule has 214 valence electrons. The molecule has 0 fully saturated rings. The third kappa shape index (κ3) is 8.22. The number of amides is 2. The van der Waals surface area contributed by atoms with E-state index in [4.69, 9.17) is 16.3 Å². The van der Waals surface area contributed by atoms with Gasteiger partial charge in [-0.25, -0.2) is 8.42 Å². The summed E-state index contributed by atoms with van der Waals surface area (Å²) in [5.74, 6) is -0.247. The molecule has 3 aromatic carbocycles. The SMILES string of the molecule is CCOc1ccc(N(CC(=O)N(CCc2ccccc2)[C@H](C)C(=O)NC(C)C)S(=O)(=O)c2ccc(Cl)cc2)cc1. The maximum Gasteiger partial charge on any atom is 0.264 e. The van der Waals surface area contributed by atoms with Crippen molar-refractivity contribution < 1.29 is 22.7 Å². The summed E-state index contributed by atoms with van der Waals surface area (Å²) in [7, 11) is -4.17. The van der Waals surface area contributed by atoms with E-state index in [1.807, 2.05) is 51.1 Å². The van der Waals surface area contributed by atoms with Crippen molar-refractivity contribution in [1.82, 2.24) is 10.2 Å². The summed E-state index contributed by atoms with van der Waals surface area (Å²) in [6.07, 6.45) is 0.499. The predicted molar refractivity (Wildman–Crippen MR) is 158 cm³/mol. The van der Waals surface area contributed by atoms with E-state index in [9.17, 15) is 18.0 Å². The molecule has 1 atom stereocenters. The van der Waals surface area contributed by atoms with Gasteiger partial charge in [0.05, 0.1) is 17.2 Å². The maximum absolute atomic E-state index is 13.9. The highest BCUT2D eigenvalue weighted by Gasteiger charge is 2.32. The molecule has 0 saturated heterocycles. The third-order valence-corrected chi connectivity index (χ3v) is 8.24.